The van der Waals surface area contributed by atoms with Crippen molar-refractivity contribution in [1.29, 1.82) is 0 Å². The topological polar surface area (TPSA) is 52.6 Å². The van der Waals surface area contributed by atoms with Crippen molar-refractivity contribution in [3.63, 3.8) is 0 Å². The number of carbonyl (C=O) groups is 2. The largest absolute Gasteiger partial charge is 0.426 e. The van der Waals surface area contributed by atoms with Crippen molar-refractivity contribution in [1.82, 2.24) is 0 Å². The van der Waals surface area contributed by atoms with Gasteiger partial charge < -0.3 is 8.92 Å². The molecule has 2 rings (SSSR count). The molecule has 2 atom stereocenters. The molecular formula is C17H20O4S. The van der Waals surface area contributed by atoms with Gasteiger partial charge in [-0.2, -0.15) is 0 Å². The van der Waals surface area contributed by atoms with Gasteiger partial charge in [0.1, 0.15) is 5.75 Å². The van der Waals surface area contributed by atoms with Gasteiger partial charge in [-0.05, 0) is 49.0 Å². The van der Waals surface area contributed by atoms with Gasteiger partial charge in [-0.25, -0.2) is 4.79 Å². The molecule has 1 aliphatic carbocycles. The van der Waals surface area contributed by atoms with Crippen LogP contribution in [0.3, 0.4) is 0 Å². The molecule has 1 saturated carbocycles. The molecule has 4 nitrogen and oxygen atoms in total. The van der Waals surface area contributed by atoms with Gasteiger partial charge in [-0.3, -0.25) is 4.79 Å². The van der Waals surface area contributed by atoms with E-state index in [0.717, 1.165) is 31.2 Å². The minimum absolute atomic E-state index is 0.0229. The first-order valence-corrected chi connectivity index (χ1v) is 7.84. The van der Waals surface area contributed by atoms with Crippen molar-refractivity contribution in [3.8, 4) is 5.75 Å². The number of hydrogen-bond donors (Lipinski definition) is 1. The Morgan fingerprint density at radius 1 is 1.27 bits per heavy atom. The van der Waals surface area contributed by atoms with Crippen LogP contribution in [0.15, 0.2) is 30.3 Å². The van der Waals surface area contributed by atoms with Crippen LogP contribution in [0.25, 0.3) is 6.08 Å². The fourth-order valence-corrected chi connectivity index (χ4v) is 2.76. The van der Waals surface area contributed by atoms with E-state index >= 15 is 0 Å². The molecule has 1 aromatic rings. The molecule has 0 aliphatic heterocycles. The highest BCUT2D eigenvalue weighted by molar-refractivity contribution is 7.75. The monoisotopic (exact) mass is 320 g/mol. The maximum Gasteiger partial charge on any atom is 0.342 e. The molecule has 0 aromatic heterocycles. The molecule has 1 fully saturated rings. The SMILES string of the molecule is CCC1CCC(C(=O)Oc2ccc(/C=C/C(=O)OS)cc2)C1. The number of benzene rings is 1. The van der Waals surface area contributed by atoms with E-state index in [9.17, 15) is 9.59 Å². The van der Waals surface area contributed by atoms with Crippen molar-refractivity contribution in [2.45, 2.75) is 32.6 Å². The van der Waals surface area contributed by atoms with Crippen LogP contribution in [0.5, 0.6) is 5.75 Å². The summed E-state index contributed by atoms with van der Waals surface area (Å²) in [6.45, 7) is 2.16. The van der Waals surface area contributed by atoms with Gasteiger partial charge in [0.15, 0.2) is 0 Å². The van der Waals surface area contributed by atoms with E-state index in [2.05, 4.69) is 24.0 Å². The predicted molar refractivity (Wildman–Crippen MR) is 87.3 cm³/mol. The number of carbonyl (C=O) groups excluding carboxylic acids is 2. The first kappa shape index (κ1) is 16.6. The number of rotatable bonds is 5. The lowest BCUT2D eigenvalue weighted by molar-refractivity contribution is -0.138. The van der Waals surface area contributed by atoms with Gasteiger partial charge in [0, 0.05) is 19.0 Å². The molecule has 0 amide bonds. The van der Waals surface area contributed by atoms with Crippen LogP contribution in [0, 0.1) is 11.8 Å². The smallest absolute Gasteiger partial charge is 0.342 e. The van der Waals surface area contributed by atoms with Crippen LogP contribution < -0.4 is 4.74 Å². The molecule has 0 N–H and O–H groups in total. The highest BCUT2D eigenvalue weighted by Gasteiger charge is 2.30. The molecule has 0 radical (unpaired) electrons. The summed E-state index contributed by atoms with van der Waals surface area (Å²) in [6.07, 6.45) is 6.97. The Bertz CT molecular complexity index is 550. The Morgan fingerprint density at radius 2 is 2.00 bits per heavy atom. The summed E-state index contributed by atoms with van der Waals surface area (Å²) in [7, 11) is 0. The lowest BCUT2D eigenvalue weighted by Crippen LogP contribution is -2.18. The fraction of sp³-hybridized carbons (Fsp3) is 0.412. The Kier molecular flexibility index (Phi) is 6.07. The van der Waals surface area contributed by atoms with Gasteiger partial charge in [0.25, 0.3) is 0 Å². The van der Waals surface area contributed by atoms with Crippen LogP contribution in [-0.2, 0) is 13.8 Å². The Hall–Kier alpha value is -1.75. The summed E-state index contributed by atoms with van der Waals surface area (Å²) in [4.78, 5) is 23.1. The van der Waals surface area contributed by atoms with Crippen molar-refractivity contribution < 1.29 is 18.5 Å². The second-order valence-electron chi connectivity index (χ2n) is 5.52. The average molecular weight is 320 g/mol. The van der Waals surface area contributed by atoms with Crippen LogP contribution in [0.4, 0.5) is 0 Å². The third-order valence-corrected chi connectivity index (χ3v) is 4.23. The van der Waals surface area contributed by atoms with E-state index in [-0.39, 0.29) is 11.9 Å². The third kappa shape index (κ3) is 4.63. The van der Waals surface area contributed by atoms with E-state index in [0.29, 0.717) is 11.7 Å². The van der Waals surface area contributed by atoms with Gasteiger partial charge in [0.2, 0.25) is 0 Å². The summed E-state index contributed by atoms with van der Waals surface area (Å²) in [5.41, 5.74) is 0.811. The number of thiol groups is 1. The van der Waals surface area contributed by atoms with E-state index in [1.54, 1.807) is 30.3 Å². The summed E-state index contributed by atoms with van der Waals surface area (Å²) in [6, 6.07) is 6.98. The van der Waals surface area contributed by atoms with Gasteiger partial charge >= 0.3 is 11.9 Å². The summed E-state index contributed by atoms with van der Waals surface area (Å²) in [5.74, 6) is 0.522. The van der Waals surface area contributed by atoms with Crippen LogP contribution in [-0.4, -0.2) is 11.9 Å². The van der Waals surface area contributed by atoms with E-state index in [4.69, 9.17) is 4.74 Å². The summed E-state index contributed by atoms with van der Waals surface area (Å²) in [5, 5.41) is 0. The van der Waals surface area contributed by atoms with Crippen molar-refractivity contribution in [2.75, 3.05) is 0 Å². The molecule has 1 aliphatic rings. The first-order valence-electron chi connectivity index (χ1n) is 7.47. The molecular weight excluding hydrogens is 300 g/mol. The van der Waals surface area contributed by atoms with Crippen LogP contribution >= 0.6 is 12.9 Å². The van der Waals surface area contributed by atoms with E-state index in [1.807, 2.05) is 0 Å². The van der Waals surface area contributed by atoms with Crippen LogP contribution in [0.1, 0.15) is 38.2 Å². The fourth-order valence-electron chi connectivity index (χ4n) is 2.70. The standard InChI is InChI=1S/C17H20O4S/c1-2-12-3-7-14(11-12)17(19)20-15-8-4-13(5-9-15)6-10-16(18)21-22/h4-6,8-10,12,14,22H,2-3,7,11H2,1H3/b10-6+. The first-order chi connectivity index (χ1) is 10.6. The molecule has 118 valence electrons. The quantitative estimate of drug-likeness (QED) is 0.295. The van der Waals surface area contributed by atoms with Crippen molar-refractivity contribution >= 4 is 30.9 Å². The highest BCUT2D eigenvalue weighted by Crippen LogP contribution is 2.33. The van der Waals surface area contributed by atoms with Crippen molar-refractivity contribution in [2.24, 2.45) is 11.8 Å². The predicted octanol–water partition coefficient (Wildman–Crippen LogP) is 3.82. The van der Waals surface area contributed by atoms with Gasteiger partial charge in [-0.1, -0.05) is 25.5 Å². The normalized spacial score (nSPS) is 21.0. The molecule has 0 saturated heterocycles. The van der Waals surface area contributed by atoms with E-state index in [1.165, 1.54) is 6.08 Å². The zero-order valence-electron chi connectivity index (χ0n) is 12.5. The van der Waals surface area contributed by atoms with Gasteiger partial charge in [-0.15, -0.1) is 0 Å². The lowest BCUT2D eigenvalue weighted by atomic mass is 10.0. The number of hydrogen-bond acceptors (Lipinski definition) is 5. The summed E-state index contributed by atoms with van der Waals surface area (Å²) < 4.78 is 9.65. The molecule has 5 heteroatoms. The Balaban J connectivity index is 1.90. The average Bonchev–Trinajstić information content (AvgIpc) is 3.03. The number of ether oxygens (including phenoxy) is 1. The minimum Gasteiger partial charge on any atom is -0.426 e. The maximum atomic E-state index is 12.1. The van der Waals surface area contributed by atoms with E-state index < -0.39 is 5.97 Å². The zero-order chi connectivity index (χ0) is 15.9. The second kappa shape index (κ2) is 8.03. The molecule has 22 heavy (non-hydrogen) atoms. The Labute approximate surface area is 136 Å². The molecule has 0 heterocycles. The number of esters is 1. The maximum absolute atomic E-state index is 12.1. The van der Waals surface area contributed by atoms with Crippen LogP contribution in [0.2, 0.25) is 0 Å². The van der Waals surface area contributed by atoms with Gasteiger partial charge in [0.05, 0.1) is 5.92 Å². The lowest BCUT2D eigenvalue weighted by Gasteiger charge is -2.10. The molecule has 0 bridgehead atoms. The molecule has 1 aromatic carbocycles. The molecule has 2 unspecified atom stereocenters. The highest BCUT2D eigenvalue weighted by atomic mass is 32.1. The zero-order valence-corrected chi connectivity index (χ0v) is 13.4. The Morgan fingerprint density at radius 3 is 2.59 bits per heavy atom. The molecule has 0 spiro atoms. The third-order valence-electron chi connectivity index (χ3n) is 4.05. The minimum atomic E-state index is -0.537. The van der Waals surface area contributed by atoms with Crippen molar-refractivity contribution in [3.05, 3.63) is 35.9 Å². The second-order valence-corrected chi connectivity index (χ2v) is 5.70. The summed E-state index contributed by atoms with van der Waals surface area (Å²) >= 11 is 3.41.